The minimum absolute atomic E-state index is 0.373. The van der Waals surface area contributed by atoms with Crippen molar-refractivity contribution in [3.05, 3.63) is 29.1 Å². The first-order valence-electron chi connectivity index (χ1n) is 12.4. The fourth-order valence-electron chi connectivity index (χ4n) is 3.44. The van der Waals surface area contributed by atoms with E-state index in [1.54, 1.807) is 19.9 Å². The van der Waals surface area contributed by atoms with Crippen molar-refractivity contribution in [2.24, 2.45) is 16.3 Å². The van der Waals surface area contributed by atoms with Gasteiger partial charge in [0.1, 0.15) is 17.3 Å². The lowest BCUT2D eigenvalue weighted by molar-refractivity contribution is -0.119. The van der Waals surface area contributed by atoms with Crippen LogP contribution in [-0.2, 0) is 10.4 Å². The molecule has 4 heteroatoms. The molecule has 0 bridgehead atoms. The van der Waals surface area contributed by atoms with Crippen LogP contribution in [0.1, 0.15) is 117 Å². The number of rotatable bonds is 7. The molecule has 0 saturated heterocycles. The van der Waals surface area contributed by atoms with E-state index in [-0.39, 0.29) is 5.82 Å². The Labute approximate surface area is 195 Å². The van der Waals surface area contributed by atoms with Gasteiger partial charge in [-0.3, -0.25) is 9.79 Å². The summed E-state index contributed by atoms with van der Waals surface area (Å²) in [6.07, 6.45) is 10.4. The molecule has 0 heterocycles. The van der Waals surface area contributed by atoms with Gasteiger partial charge in [-0.25, -0.2) is 4.39 Å². The molecule has 0 radical (unpaired) electrons. The maximum Gasteiger partial charge on any atom is 0.149 e. The summed E-state index contributed by atoms with van der Waals surface area (Å²) in [5.41, 5.74) is 2.02. The van der Waals surface area contributed by atoms with Gasteiger partial charge in [-0.2, -0.15) is 0 Å². The van der Waals surface area contributed by atoms with E-state index in [1.165, 1.54) is 38.2 Å². The van der Waals surface area contributed by atoms with Crippen molar-refractivity contribution in [1.29, 1.82) is 0 Å². The molecule has 2 saturated carbocycles. The number of ketones is 1. The number of aliphatic imine (C=N–C) groups is 1. The summed E-state index contributed by atoms with van der Waals surface area (Å²) < 4.78 is 14.0. The fourth-order valence-corrected chi connectivity index (χ4v) is 3.44. The topological polar surface area (TPSA) is 49.7 Å². The predicted molar refractivity (Wildman–Crippen MR) is 134 cm³/mol. The van der Waals surface area contributed by atoms with Crippen LogP contribution in [0.4, 0.5) is 10.1 Å². The smallest absolute Gasteiger partial charge is 0.149 e. The minimum atomic E-state index is -1.04. The van der Waals surface area contributed by atoms with Crippen LogP contribution in [0.3, 0.4) is 0 Å². The van der Waals surface area contributed by atoms with Crippen LogP contribution in [0.2, 0.25) is 0 Å². The first-order chi connectivity index (χ1) is 14.8. The zero-order valence-corrected chi connectivity index (χ0v) is 21.8. The number of carbonyl (C=O) groups excluding carboxylic acids is 1. The van der Waals surface area contributed by atoms with E-state index in [4.69, 9.17) is 0 Å². The number of aryl methyl sites for hydroxylation is 1. The predicted octanol–water partition coefficient (Wildman–Crippen LogP) is 8.22. The lowest BCUT2D eigenvalue weighted by Crippen LogP contribution is -2.16. The molecule has 0 aromatic heterocycles. The van der Waals surface area contributed by atoms with Gasteiger partial charge in [-0.05, 0) is 75.5 Å². The van der Waals surface area contributed by atoms with E-state index in [0.717, 1.165) is 42.9 Å². The lowest BCUT2D eigenvalue weighted by atomic mass is 9.88. The Morgan fingerprint density at radius 1 is 1.25 bits per heavy atom. The van der Waals surface area contributed by atoms with Gasteiger partial charge in [0, 0.05) is 18.6 Å². The zero-order chi connectivity index (χ0) is 24.5. The molecule has 0 spiro atoms. The van der Waals surface area contributed by atoms with E-state index in [1.807, 2.05) is 20.8 Å². The zero-order valence-electron chi connectivity index (χ0n) is 21.8. The second-order valence-electron chi connectivity index (χ2n) is 10.7. The third-order valence-corrected chi connectivity index (χ3v) is 6.39. The number of aliphatic hydroxyl groups is 1. The van der Waals surface area contributed by atoms with Crippen molar-refractivity contribution in [3.8, 4) is 0 Å². The second kappa shape index (κ2) is 12.6. The SMILES string of the molecule is CC1CCC1.CCC(=O)CC1(C)CC1.CCCC(C)=Nc1c(C)cc(C(C)(C)O)cc1F. The van der Waals surface area contributed by atoms with Gasteiger partial charge in [-0.15, -0.1) is 0 Å². The quantitative estimate of drug-likeness (QED) is 0.428. The van der Waals surface area contributed by atoms with Gasteiger partial charge in [0.05, 0.1) is 5.60 Å². The van der Waals surface area contributed by atoms with Crippen molar-refractivity contribution < 1.29 is 14.3 Å². The van der Waals surface area contributed by atoms with Gasteiger partial charge in [0.25, 0.3) is 0 Å². The summed E-state index contributed by atoms with van der Waals surface area (Å²) in [5.74, 6) is 1.12. The Kier molecular flexibility index (Phi) is 11.2. The summed E-state index contributed by atoms with van der Waals surface area (Å²) >= 11 is 0. The fraction of sp³-hybridized carbons (Fsp3) is 0.714. The average Bonchev–Trinajstić information content (AvgIpc) is 3.40. The summed E-state index contributed by atoms with van der Waals surface area (Å²) in [6, 6.07) is 3.16. The molecule has 2 aliphatic rings. The Morgan fingerprint density at radius 3 is 2.16 bits per heavy atom. The molecular formula is C28H46FNO2. The summed E-state index contributed by atoms with van der Waals surface area (Å²) in [7, 11) is 0. The Morgan fingerprint density at radius 2 is 1.81 bits per heavy atom. The van der Waals surface area contributed by atoms with Crippen LogP contribution in [0.25, 0.3) is 0 Å². The average molecular weight is 448 g/mol. The number of halogens is 1. The number of hydrogen-bond donors (Lipinski definition) is 1. The second-order valence-corrected chi connectivity index (χ2v) is 10.7. The van der Waals surface area contributed by atoms with E-state index in [2.05, 4.69) is 25.8 Å². The number of carbonyl (C=O) groups is 1. The molecule has 1 aromatic carbocycles. The molecule has 0 amide bonds. The molecular weight excluding hydrogens is 401 g/mol. The molecule has 32 heavy (non-hydrogen) atoms. The van der Waals surface area contributed by atoms with Crippen LogP contribution in [0.15, 0.2) is 17.1 Å². The Balaban J connectivity index is 0.000000298. The molecule has 0 atom stereocenters. The van der Waals surface area contributed by atoms with E-state index < -0.39 is 5.60 Å². The number of hydrogen-bond acceptors (Lipinski definition) is 3. The van der Waals surface area contributed by atoms with Crippen molar-refractivity contribution >= 4 is 17.2 Å². The summed E-state index contributed by atoms with van der Waals surface area (Å²) in [6.45, 7) is 15.5. The molecule has 0 unspecified atom stereocenters. The molecule has 0 aliphatic heterocycles. The number of nitrogens with zero attached hydrogens (tertiary/aromatic N) is 1. The highest BCUT2D eigenvalue weighted by atomic mass is 19.1. The van der Waals surface area contributed by atoms with Crippen molar-refractivity contribution in [2.45, 2.75) is 119 Å². The summed E-state index contributed by atoms with van der Waals surface area (Å²) in [4.78, 5) is 15.2. The largest absolute Gasteiger partial charge is 0.386 e. The first kappa shape index (κ1) is 28.5. The van der Waals surface area contributed by atoms with Crippen molar-refractivity contribution in [2.75, 3.05) is 0 Å². The Hall–Kier alpha value is -1.55. The minimum Gasteiger partial charge on any atom is -0.386 e. The number of benzene rings is 1. The van der Waals surface area contributed by atoms with Gasteiger partial charge in [0.15, 0.2) is 0 Å². The molecule has 2 fully saturated rings. The normalized spacial score (nSPS) is 17.4. The van der Waals surface area contributed by atoms with E-state index in [9.17, 15) is 14.3 Å². The van der Waals surface area contributed by atoms with Crippen LogP contribution < -0.4 is 0 Å². The monoisotopic (exact) mass is 447 g/mol. The molecule has 1 N–H and O–H groups in total. The third-order valence-electron chi connectivity index (χ3n) is 6.39. The van der Waals surface area contributed by atoms with E-state index in [0.29, 0.717) is 22.4 Å². The van der Waals surface area contributed by atoms with Gasteiger partial charge in [0.2, 0.25) is 0 Å². The van der Waals surface area contributed by atoms with Crippen LogP contribution in [-0.4, -0.2) is 16.6 Å². The van der Waals surface area contributed by atoms with Crippen LogP contribution >= 0.6 is 0 Å². The maximum absolute atomic E-state index is 14.0. The number of Topliss-reactive ketones (excluding diaryl/α,β-unsaturated/α-hetero) is 1. The van der Waals surface area contributed by atoms with Crippen LogP contribution in [0.5, 0.6) is 0 Å². The lowest BCUT2D eigenvalue weighted by Gasteiger charge is -2.19. The standard InChI is InChI=1S/C15H22FNO.C8H14O.C5H10/c1-6-7-11(3)17-14-10(2)8-12(9-13(14)16)15(4,5)18;1-3-7(9)6-8(2)4-5-8;1-5-3-2-4-5/h8-9,18H,6-7H2,1-5H3;3-6H2,1-2H3;5H,2-4H2,1H3. The molecule has 3 rings (SSSR count). The van der Waals surface area contributed by atoms with Gasteiger partial charge in [-0.1, -0.05) is 59.4 Å². The molecule has 1 aromatic rings. The molecule has 182 valence electrons. The molecule has 2 aliphatic carbocycles. The summed E-state index contributed by atoms with van der Waals surface area (Å²) in [5, 5.41) is 9.89. The third kappa shape index (κ3) is 10.4. The van der Waals surface area contributed by atoms with Gasteiger partial charge >= 0.3 is 0 Å². The van der Waals surface area contributed by atoms with E-state index >= 15 is 0 Å². The highest BCUT2D eigenvalue weighted by molar-refractivity contribution is 5.85. The van der Waals surface area contributed by atoms with Gasteiger partial charge < -0.3 is 5.11 Å². The van der Waals surface area contributed by atoms with Crippen LogP contribution in [0, 0.1) is 24.1 Å². The highest BCUT2D eigenvalue weighted by Crippen LogP contribution is 2.48. The van der Waals surface area contributed by atoms with Crippen molar-refractivity contribution in [3.63, 3.8) is 0 Å². The molecule has 3 nitrogen and oxygen atoms in total. The Bertz CT molecular complexity index is 745. The maximum atomic E-state index is 14.0. The highest BCUT2D eigenvalue weighted by Gasteiger charge is 2.38. The first-order valence-corrected chi connectivity index (χ1v) is 12.4. The van der Waals surface area contributed by atoms with Crippen molar-refractivity contribution in [1.82, 2.24) is 0 Å².